The fraction of sp³-hybridized carbons (Fsp3) is 0.294. The van der Waals surface area contributed by atoms with E-state index in [-0.39, 0.29) is 17.9 Å². The van der Waals surface area contributed by atoms with Crippen LogP contribution in [0.3, 0.4) is 0 Å². The molecule has 3 heterocycles. The number of alkyl halides is 3. The van der Waals surface area contributed by atoms with Crippen LogP contribution in [0.5, 0.6) is 0 Å². The molecular formula is C34H33F3N6O3. The third-order valence-electron chi connectivity index (χ3n) is 7.89. The highest BCUT2D eigenvalue weighted by atomic mass is 19.4. The molecule has 1 fully saturated rings. The molecule has 2 aliphatic rings. The van der Waals surface area contributed by atoms with Crippen LogP contribution in [0.25, 0.3) is 17.0 Å². The van der Waals surface area contributed by atoms with Gasteiger partial charge < -0.3 is 20.0 Å². The van der Waals surface area contributed by atoms with Crippen molar-refractivity contribution >= 4 is 29.2 Å². The Bertz CT molecular complexity index is 1730. The average Bonchev–Trinajstić information content (AvgIpc) is 3.47. The maximum atomic E-state index is 13.2. The van der Waals surface area contributed by atoms with E-state index in [2.05, 4.69) is 28.1 Å². The molecule has 0 aliphatic carbocycles. The SMILES string of the molecule is CN1CCN(CCC(=C=O)Cn2nc(-c3ccccc3)cc2C2=CC=CC(=C=O)N2CC(=O)Nc2cccc(C(F)(F)F)c2)CC1. The highest BCUT2D eigenvalue weighted by Gasteiger charge is 2.31. The molecule has 0 bridgehead atoms. The van der Waals surface area contributed by atoms with E-state index in [1.165, 1.54) is 23.1 Å². The molecule has 46 heavy (non-hydrogen) atoms. The molecule has 0 saturated carbocycles. The Morgan fingerprint density at radius 3 is 2.43 bits per heavy atom. The minimum Gasteiger partial charge on any atom is -0.325 e. The summed E-state index contributed by atoms with van der Waals surface area (Å²) in [5.74, 6) is 3.30. The van der Waals surface area contributed by atoms with Crippen molar-refractivity contribution in [1.82, 2.24) is 24.5 Å². The molecule has 0 spiro atoms. The van der Waals surface area contributed by atoms with Crippen LogP contribution in [0.1, 0.15) is 17.7 Å². The van der Waals surface area contributed by atoms with E-state index in [4.69, 9.17) is 5.10 Å². The van der Waals surface area contributed by atoms with Gasteiger partial charge in [0.15, 0.2) is 5.94 Å². The molecule has 1 aromatic heterocycles. The zero-order chi connectivity index (χ0) is 32.7. The van der Waals surface area contributed by atoms with Gasteiger partial charge in [-0.2, -0.15) is 18.3 Å². The monoisotopic (exact) mass is 630 g/mol. The van der Waals surface area contributed by atoms with Crippen molar-refractivity contribution in [1.29, 1.82) is 0 Å². The summed E-state index contributed by atoms with van der Waals surface area (Å²) in [6, 6.07) is 15.6. The first kappa shape index (κ1) is 32.4. The molecule has 1 saturated heterocycles. The molecule has 1 amide bonds. The summed E-state index contributed by atoms with van der Waals surface area (Å²) < 4.78 is 41.3. The van der Waals surface area contributed by atoms with E-state index >= 15 is 0 Å². The van der Waals surface area contributed by atoms with Gasteiger partial charge in [0, 0.05) is 49.5 Å². The Kier molecular flexibility index (Phi) is 10.1. The highest BCUT2D eigenvalue weighted by Crippen LogP contribution is 2.32. The minimum atomic E-state index is -4.57. The molecule has 0 atom stereocenters. The number of anilines is 1. The maximum Gasteiger partial charge on any atom is 0.416 e. The standard InChI is InChI=1S/C34H33F3N6O3/c1-40-15-17-41(18-16-40)14-13-25(23-44)21-43-32(20-30(39-43)26-7-3-2-4-8-26)31-12-6-11-29(24-45)42(31)22-33(46)38-28-10-5-9-27(19-28)34(35,36)37/h2-12,19-20H,13-18,21-22H2,1H3,(H,38,46). The zero-order valence-corrected chi connectivity index (χ0v) is 25.3. The number of halogens is 3. The van der Waals surface area contributed by atoms with Gasteiger partial charge in [-0.3, -0.25) is 9.48 Å². The number of benzene rings is 2. The van der Waals surface area contributed by atoms with Gasteiger partial charge in [0.2, 0.25) is 5.91 Å². The number of piperazine rings is 1. The van der Waals surface area contributed by atoms with Crippen molar-refractivity contribution < 1.29 is 27.6 Å². The molecular weight excluding hydrogens is 597 g/mol. The summed E-state index contributed by atoms with van der Waals surface area (Å²) in [7, 11) is 2.08. The lowest BCUT2D eigenvalue weighted by Crippen LogP contribution is -2.44. The van der Waals surface area contributed by atoms with E-state index < -0.39 is 24.2 Å². The first-order valence-electron chi connectivity index (χ1n) is 14.8. The topological polar surface area (TPSA) is 90.8 Å². The first-order chi connectivity index (χ1) is 22.1. The molecule has 9 nitrogen and oxygen atoms in total. The van der Waals surface area contributed by atoms with Crippen LogP contribution in [0, 0.1) is 0 Å². The van der Waals surface area contributed by atoms with Gasteiger partial charge in [0.1, 0.15) is 18.2 Å². The van der Waals surface area contributed by atoms with Gasteiger partial charge in [0.25, 0.3) is 0 Å². The number of aromatic nitrogens is 2. The number of nitrogens with zero attached hydrogens (tertiary/aromatic N) is 5. The van der Waals surface area contributed by atoms with Crippen molar-refractivity contribution in [2.75, 3.05) is 51.6 Å². The second-order valence-electron chi connectivity index (χ2n) is 11.2. The number of hydrogen-bond acceptors (Lipinski definition) is 7. The molecule has 3 aromatic rings. The summed E-state index contributed by atoms with van der Waals surface area (Å²) in [4.78, 5) is 43.3. The fourth-order valence-corrected chi connectivity index (χ4v) is 5.34. The summed E-state index contributed by atoms with van der Waals surface area (Å²) in [6.45, 7) is 4.15. The number of allylic oxidation sites excluding steroid dienone is 3. The molecule has 2 aliphatic heterocycles. The second kappa shape index (κ2) is 14.4. The van der Waals surface area contributed by atoms with Gasteiger partial charge >= 0.3 is 6.18 Å². The van der Waals surface area contributed by atoms with Crippen molar-refractivity contribution in [3.05, 3.63) is 101 Å². The van der Waals surface area contributed by atoms with Gasteiger partial charge in [-0.15, -0.1) is 0 Å². The lowest BCUT2D eigenvalue weighted by Gasteiger charge is -2.32. The number of amides is 1. The number of rotatable bonds is 10. The van der Waals surface area contributed by atoms with E-state index in [9.17, 15) is 27.6 Å². The number of likely N-dealkylation sites (N-methyl/N-ethyl adjacent to an activating group) is 1. The second-order valence-corrected chi connectivity index (χ2v) is 11.2. The molecule has 12 heteroatoms. The normalized spacial score (nSPS) is 15.7. The predicted octanol–water partition coefficient (Wildman–Crippen LogP) is 4.53. The largest absolute Gasteiger partial charge is 0.416 e. The number of hydrogen-bond donors (Lipinski definition) is 1. The van der Waals surface area contributed by atoms with E-state index in [0.29, 0.717) is 35.6 Å². The molecule has 238 valence electrons. The van der Waals surface area contributed by atoms with Crippen molar-refractivity contribution in [2.45, 2.75) is 19.1 Å². The molecule has 0 unspecified atom stereocenters. The molecule has 2 aromatic carbocycles. The quantitative estimate of drug-likeness (QED) is 0.330. The fourth-order valence-electron chi connectivity index (χ4n) is 5.34. The number of nitrogens with one attached hydrogen (secondary N) is 1. The minimum absolute atomic E-state index is 0.0351. The zero-order valence-electron chi connectivity index (χ0n) is 25.3. The Labute approximate surface area is 264 Å². The van der Waals surface area contributed by atoms with E-state index in [1.807, 2.05) is 42.3 Å². The van der Waals surface area contributed by atoms with E-state index in [0.717, 1.165) is 43.9 Å². The van der Waals surface area contributed by atoms with Crippen LogP contribution in [0.15, 0.2) is 90.2 Å². The summed E-state index contributed by atoms with van der Waals surface area (Å²) >= 11 is 0. The van der Waals surface area contributed by atoms with Gasteiger partial charge in [0.05, 0.1) is 29.2 Å². The van der Waals surface area contributed by atoms with Crippen LogP contribution in [-0.4, -0.2) is 88.6 Å². The third kappa shape index (κ3) is 7.99. The van der Waals surface area contributed by atoms with Crippen LogP contribution in [0.4, 0.5) is 18.9 Å². The number of carbonyl (C=O) groups excluding carboxylic acids is 3. The predicted molar refractivity (Wildman–Crippen MR) is 169 cm³/mol. The van der Waals surface area contributed by atoms with Crippen LogP contribution in [-0.2, 0) is 27.1 Å². The average molecular weight is 631 g/mol. The molecule has 0 radical (unpaired) electrons. The Morgan fingerprint density at radius 1 is 0.978 bits per heavy atom. The molecule has 5 rings (SSSR count). The van der Waals surface area contributed by atoms with Crippen molar-refractivity contribution in [2.24, 2.45) is 0 Å². The maximum absolute atomic E-state index is 13.2. The van der Waals surface area contributed by atoms with Gasteiger partial charge in [-0.25, -0.2) is 9.59 Å². The first-order valence-corrected chi connectivity index (χ1v) is 14.8. The van der Waals surface area contributed by atoms with Gasteiger partial charge in [-0.05, 0) is 49.9 Å². The summed E-state index contributed by atoms with van der Waals surface area (Å²) in [5, 5.41) is 7.30. The van der Waals surface area contributed by atoms with Crippen LogP contribution >= 0.6 is 0 Å². The third-order valence-corrected chi connectivity index (χ3v) is 7.89. The Morgan fingerprint density at radius 2 is 1.74 bits per heavy atom. The van der Waals surface area contributed by atoms with Crippen LogP contribution < -0.4 is 5.32 Å². The van der Waals surface area contributed by atoms with E-state index in [1.54, 1.807) is 16.8 Å². The molecule has 1 N–H and O–H groups in total. The van der Waals surface area contributed by atoms with Crippen molar-refractivity contribution in [3.63, 3.8) is 0 Å². The van der Waals surface area contributed by atoms with Gasteiger partial charge in [-0.1, -0.05) is 42.5 Å². The lowest BCUT2D eigenvalue weighted by atomic mass is 10.1. The Hall–Kier alpha value is -4.99. The number of carbonyl (C=O) groups is 1. The summed E-state index contributed by atoms with van der Waals surface area (Å²) in [6.07, 6.45) is 0.750. The Balaban J connectivity index is 1.42. The lowest BCUT2D eigenvalue weighted by molar-refractivity contribution is -0.137. The van der Waals surface area contributed by atoms with Crippen LogP contribution in [0.2, 0.25) is 0 Å². The highest BCUT2D eigenvalue weighted by molar-refractivity contribution is 5.94. The summed E-state index contributed by atoms with van der Waals surface area (Å²) in [5.41, 5.74) is 2.01. The van der Waals surface area contributed by atoms with Crippen molar-refractivity contribution in [3.8, 4) is 11.3 Å². The smallest absolute Gasteiger partial charge is 0.325 e.